The lowest BCUT2D eigenvalue weighted by Gasteiger charge is -2.21. The lowest BCUT2D eigenvalue weighted by atomic mass is 9.99. The highest BCUT2D eigenvalue weighted by atomic mass is 35.5. The number of alkyl halides is 4. The maximum absolute atomic E-state index is 12.8. The molecule has 1 aromatic carbocycles. The first-order valence-electron chi connectivity index (χ1n) is 6.20. The Morgan fingerprint density at radius 3 is 2.43 bits per heavy atom. The van der Waals surface area contributed by atoms with Crippen LogP contribution in [0, 0.1) is 5.92 Å². The Morgan fingerprint density at radius 2 is 1.90 bits per heavy atom. The monoisotopic (exact) mass is 329 g/mol. The molecular weight excluding hydrogens is 314 g/mol. The Kier molecular flexibility index (Phi) is 5.83. The van der Waals surface area contributed by atoms with Crippen molar-refractivity contribution < 1.29 is 27.4 Å². The van der Waals surface area contributed by atoms with Gasteiger partial charge in [-0.15, -0.1) is 12.4 Å². The Morgan fingerprint density at radius 1 is 1.29 bits per heavy atom. The molecule has 2 atom stereocenters. The predicted octanol–water partition coefficient (Wildman–Crippen LogP) is 3.12. The van der Waals surface area contributed by atoms with Gasteiger partial charge in [0.05, 0.1) is 12.1 Å². The summed E-state index contributed by atoms with van der Waals surface area (Å²) in [6.45, 7) is 0. The lowest BCUT2D eigenvalue weighted by Crippen LogP contribution is -2.33. The third-order valence-electron chi connectivity index (χ3n) is 3.22. The van der Waals surface area contributed by atoms with Crippen LogP contribution in [-0.2, 0) is 0 Å². The van der Waals surface area contributed by atoms with Gasteiger partial charge < -0.3 is 15.6 Å². The lowest BCUT2D eigenvalue weighted by molar-refractivity contribution is -0.253. The Bertz CT molecular complexity index is 471. The van der Waals surface area contributed by atoms with Crippen LogP contribution in [0.1, 0.15) is 24.4 Å². The summed E-state index contributed by atoms with van der Waals surface area (Å²) < 4.78 is 53.7. The fourth-order valence-corrected chi connectivity index (χ4v) is 1.92. The van der Waals surface area contributed by atoms with E-state index in [9.17, 15) is 22.7 Å². The molecule has 0 aromatic heterocycles. The van der Waals surface area contributed by atoms with Gasteiger partial charge in [0.15, 0.2) is 0 Å². The molecule has 1 aliphatic carbocycles. The molecule has 3 N–H and O–H groups in total. The summed E-state index contributed by atoms with van der Waals surface area (Å²) in [6, 6.07) is 4.42. The average molecular weight is 330 g/mol. The average Bonchev–Trinajstić information content (AvgIpc) is 3.21. The zero-order valence-electron chi connectivity index (χ0n) is 10.9. The molecule has 1 aromatic rings. The van der Waals surface area contributed by atoms with Crippen LogP contribution in [0.5, 0.6) is 5.75 Å². The van der Waals surface area contributed by atoms with E-state index < -0.39 is 30.4 Å². The van der Waals surface area contributed by atoms with Crippen molar-refractivity contribution >= 4 is 12.4 Å². The van der Waals surface area contributed by atoms with Gasteiger partial charge in [0.2, 0.25) is 0 Å². The fraction of sp³-hybridized carbons (Fsp3) is 0.538. The molecule has 1 fully saturated rings. The highest BCUT2D eigenvalue weighted by Crippen LogP contribution is 2.38. The summed E-state index contributed by atoms with van der Waals surface area (Å²) in [5.41, 5.74) is 6.20. The minimum Gasteiger partial charge on any atom is -0.428 e. The summed E-state index contributed by atoms with van der Waals surface area (Å²) in [6.07, 6.45) is -7.52. The van der Waals surface area contributed by atoms with Gasteiger partial charge in [0.1, 0.15) is 5.75 Å². The molecule has 0 spiro atoms. The SMILES string of the molecule is Cl.N[C@@H](c1cccc(OC(F)(F)C(F)F)c1)[C@H](O)C1CC1. The molecule has 0 unspecified atom stereocenters. The molecule has 8 heteroatoms. The fourth-order valence-electron chi connectivity index (χ4n) is 1.92. The third-order valence-corrected chi connectivity index (χ3v) is 3.22. The van der Waals surface area contributed by atoms with E-state index in [1.165, 1.54) is 12.1 Å². The second-order valence-electron chi connectivity index (χ2n) is 4.89. The number of aliphatic hydroxyl groups excluding tert-OH is 1. The topological polar surface area (TPSA) is 55.5 Å². The quantitative estimate of drug-likeness (QED) is 0.788. The van der Waals surface area contributed by atoms with Crippen molar-refractivity contribution in [1.29, 1.82) is 0 Å². The second kappa shape index (κ2) is 6.81. The highest BCUT2D eigenvalue weighted by molar-refractivity contribution is 5.85. The van der Waals surface area contributed by atoms with Gasteiger partial charge in [-0.2, -0.15) is 17.6 Å². The van der Waals surface area contributed by atoms with Gasteiger partial charge in [-0.05, 0) is 36.5 Å². The number of hydrogen-bond acceptors (Lipinski definition) is 3. The molecule has 0 amide bonds. The van der Waals surface area contributed by atoms with Crippen molar-refractivity contribution in [2.45, 2.75) is 37.5 Å². The van der Waals surface area contributed by atoms with Gasteiger partial charge in [-0.25, -0.2) is 0 Å². The van der Waals surface area contributed by atoms with Crippen LogP contribution in [0.3, 0.4) is 0 Å². The number of ether oxygens (including phenoxy) is 1. The highest BCUT2D eigenvalue weighted by Gasteiger charge is 2.44. The summed E-state index contributed by atoms with van der Waals surface area (Å²) in [7, 11) is 0. The summed E-state index contributed by atoms with van der Waals surface area (Å²) in [4.78, 5) is 0. The molecule has 0 heterocycles. The van der Waals surface area contributed by atoms with Crippen molar-refractivity contribution in [3.05, 3.63) is 29.8 Å². The molecule has 3 nitrogen and oxygen atoms in total. The number of halogens is 5. The van der Waals surface area contributed by atoms with Crippen LogP contribution in [0.4, 0.5) is 17.6 Å². The van der Waals surface area contributed by atoms with E-state index in [1.54, 1.807) is 0 Å². The smallest absolute Gasteiger partial charge is 0.428 e. The van der Waals surface area contributed by atoms with E-state index in [4.69, 9.17) is 5.73 Å². The summed E-state index contributed by atoms with van der Waals surface area (Å²) in [5.74, 6) is -0.302. The van der Waals surface area contributed by atoms with E-state index in [2.05, 4.69) is 4.74 Å². The molecule has 0 radical (unpaired) electrons. The predicted molar refractivity (Wildman–Crippen MR) is 70.9 cm³/mol. The van der Waals surface area contributed by atoms with Crippen molar-refractivity contribution in [3.8, 4) is 5.75 Å². The first-order chi connectivity index (χ1) is 9.31. The van der Waals surface area contributed by atoms with Crippen LogP contribution in [0.25, 0.3) is 0 Å². The van der Waals surface area contributed by atoms with E-state index in [0.717, 1.165) is 25.0 Å². The van der Waals surface area contributed by atoms with Gasteiger partial charge in [0, 0.05) is 0 Å². The second-order valence-corrected chi connectivity index (χ2v) is 4.89. The van der Waals surface area contributed by atoms with Gasteiger partial charge in [0.25, 0.3) is 0 Å². The zero-order valence-corrected chi connectivity index (χ0v) is 11.7. The standard InChI is InChI=1S/C13H15F4NO2.ClH/c14-12(15)13(16,17)20-9-3-1-2-8(6-9)10(18)11(19)7-4-5-7;/h1-3,6-7,10-12,19H,4-5,18H2;1H/t10-,11+;/m0./s1. The Balaban J connectivity index is 0.00000220. The number of aliphatic hydroxyl groups is 1. The number of hydrogen-bond donors (Lipinski definition) is 2. The molecule has 21 heavy (non-hydrogen) atoms. The van der Waals surface area contributed by atoms with E-state index in [0.29, 0.717) is 5.56 Å². The molecular formula is C13H16ClF4NO2. The largest absolute Gasteiger partial charge is 0.461 e. The zero-order chi connectivity index (χ0) is 14.9. The van der Waals surface area contributed by atoms with E-state index in [1.807, 2.05) is 0 Å². The van der Waals surface area contributed by atoms with E-state index in [-0.39, 0.29) is 18.3 Å². The number of benzene rings is 1. The van der Waals surface area contributed by atoms with E-state index >= 15 is 0 Å². The van der Waals surface area contributed by atoms with Gasteiger partial charge in [-0.1, -0.05) is 12.1 Å². The maximum atomic E-state index is 12.8. The van der Waals surface area contributed by atoms with Crippen LogP contribution in [0.15, 0.2) is 24.3 Å². The Labute approximate surface area is 125 Å². The van der Waals surface area contributed by atoms with Gasteiger partial charge >= 0.3 is 12.5 Å². The van der Waals surface area contributed by atoms with Crippen molar-refractivity contribution in [2.24, 2.45) is 11.7 Å². The minimum absolute atomic E-state index is 0. The van der Waals surface area contributed by atoms with Crippen molar-refractivity contribution in [2.75, 3.05) is 0 Å². The van der Waals surface area contributed by atoms with Crippen molar-refractivity contribution in [3.63, 3.8) is 0 Å². The molecule has 1 aliphatic rings. The first-order valence-corrected chi connectivity index (χ1v) is 6.20. The van der Waals surface area contributed by atoms with Crippen molar-refractivity contribution in [1.82, 2.24) is 0 Å². The first kappa shape index (κ1) is 18.0. The van der Waals surface area contributed by atoms with Crippen LogP contribution in [-0.4, -0.2) is 23.7 Å². The number of nitrogens with two attached hydrogens (primary N) is 1. The van der Waals surface area contributed by atoms with Crippen LogP contribution >= 0.6 is 12.4 Å². The molecule has 1 saturated carbocycles. The third kappa shape index (κ3) is 4.46. The molecule has 0 saturated heterocycles. The normalized spacial score (nSPS) is 18.0. The summed E-state index contributed by atoms with van der Waals surface area (Å²) in [5, 5.41) is 9.89. The molecule has 120 valence electrons. The summed E-state index contributed by atoms with van der Waals surface area (Å²) >= 11 is 0. The number of rotatable bonds is 6. The van der Waals surface area contributed by atoms with Crippen LogP contribution < -0.4 is 10.5 Å². The molecule has 0 bridgehead atoms. The molecule has 2 rings (SSSR count). The Hall–Kier alpha value is -1.05. The van der Waals surface area contributed by atoms with Gasteiger partial charge in [-0.3, -0.25) is 0 Å². The molecule has 0 aliphatic heterocycles. The maximum Gasteiger partial charge on any atom is 0.461 e. The minimum atomic E-state index is -4.56. The van der Waals surface area contributed by atoms with Crippen LogP contribution in [0.2, 0.25) is 0 Å².